The molecular formula is C20H24N2O2. The second-order valence-corrected chi connectivity index (χ2v) is 6.67. The minimum absolute atomic E-state index is 0.227. The van der Waals surface area contributed by atoms with Gasteiger partial charge >= 0.3 is 0 Å². The number of hydrazine groups is 1. The first-order valence-corrected chi connectivity index (χ1v) is 8.12. The summed E-state index contributed by atoms with van der Waals surface area (Å²) in [5.41, 5.74) is 4.43. The SMILES string of the molecule is CCc1ccc(C(=O)N(NC(=O)c2ccccc2)C(C)(C)C)cc1. The van der Waals surface area contributed by atoms with Crippen LogP contribution in [-0.2, 0) is 6.42 Å². The molecule has 2 rings (SSSR count). The lowest BCUT2D eigenvalue weighted by molar-refractivity contribution is 0.0358. The van der Waals surface area contributed by atoms with Gasteiger partial charge in [-0.15, -0.1) is 0 Å². The van der Waals surface area contributed by atoms with Gasteiger partial charge in [-0.1, -0.05) is 37.3 Å². The fourth-order valence-corrected chi connectivity index (χ4v) is 2.29. The van der Waals surface area contributed by atoms with E-state index in [2.05, 4.69) is 12.3 Å². The number of aryl methyl sites for hydroxylation is 1. The van der Waals surface area contributed by atoms with E-state index in [0.717, 1.165) is 6.42 Å². The van der Waals surface area contributed by atoms with E-state index in [1.165, 1.54) is 10.6 Å². The van der Waals surface area contributed by atoms with Gasteiger partial charge in [0, 0.05) is 11.1 Å². The summed E-state index contributed by atoms with van der Waals surface area (Å²) in [7, 11) is 0. The monoisotopic (exact) mass is 324 g/mol. The number of nitrogens with one attached hydrogen (secondary N) is 1. The second kappa shape index (κ2) is 7.30. The molecule has 0 unspecified atom stereocenters. The van der Waals surface area contributed by atoms with Crippen LogP contribution in [0.3, 0.4) is 0 Å². The van der Waals surface area contributed by atoms with E-state index in [-0.39, 0.29) is 11.8 Å². The van der Waals surface area contributed by atoms with Gasteiger partial charge in [0.15, 0.2) is 0 Å². The highest BCUT2D eigenvalue weighted by atomic mass is 16.2. The molecule has 4 heteroatoms. The molecule has 0 spiro atoms. The molecule has 1 N–H and O–H groups in total. The Labute approximate surface area is 143 Å². The smallest absolute Gasteiger partial charge is 0.267 e. The van der Waals surface area contributed by atoms with Gasteiger partial charge in [0.1, 0.15) is 0 Å². The first-order chi connectivity index (χ1) is 11.3. The van der Waals surface area contributed by atoms with Crippen LogP contribution in [0.2, 0.25) is 0 Å². The molecule has 0 saturated carbocycles. The van der Waals surface area contributed by atoms with Crippen molar-refractivity contribution in [1.82, 2.24) is 10.4 Å². The van der Waals surface area contributed by atoms with Gasteiger partial charge in [-0.2, -0.15) is 0 Å². The van der Waals surface area contributed by atoms with Crippen LogP contribution in [0.5, 0.6) is 0 Å². The minimum atomic E-state index is -0.551. The molecule has 0 aliphatic heterocycles. The molecule has 0 saturated heterocycles. The highest BCUT2D eigenvalue weighted by molar-refractivity contribution is 5.99. The Hall–Kier alpha value is -2.62. The molecule has 0 atom stereocenters. The molecule has 24 heavy (non-hydrogen) atoms. The molecular weight excluding hydrogens is 300 g/mol. The van der Waals surface area contributed by atoms with Gasteiger partial charge in [0.2, 0.25) is 0 Å². The van der Waals surface area contributed by atoms with Crippen molar-refractivity contribution in [1.29, 1.82) is 0 Å². The standard InChI is InChI=1S/C20H24N2O2/c1-5-15-11-13-17(14-12-15)19(24)22(20(2,3)4)21-18(23)16-9-7-6-8-10-16/h6-14H,5H2,1-4H3,(H,21,23). The van der Waals surface area contributed by atoms with Crippen LogP contribution in [0.15, 0.2) is 54.6 Å². The van der Waals surface area contributed by atoms with Gasteiger partial charge < -0.3 is 0 Å². The molecule has 0 fully saturated rings. The lowest BCUT2D eigenvalue weighted by Gasteiger charge is -2.35. The summed E-state index contributed by atoms with van der Waals surface area (Å²) >= 11 is 0. The van der Waals surface area contributed by atoms with E-state index in [1.807, 2.05) is 39.0 Å². The van der Waals surface area contributed by atoms with Crippen LogP contribution in [0.1, 0.15) is 54.0 Å². The van der Waals surface area contributed by atoms with E-state index in [1.54, 1.807) is 36.4 Å². The summed E-state index contributed by atoms with van der Waals surface area (Å²) in [6.07, 6.45) is 0.919. The average molecular weight is 324 g/mol. The summed E-state index contributed by atoms with van der Waals surface area (Å²) in [4.78, 5) is 25.3. The fourth-order valence-electron chi connectivity index (χ4n) is 2.29. The maximum atomic E-state index is 12.9. The molecule has 0 aromatic heterocycles. The third-order valence-corrected chi connectivity index (χ3v) is 3.73. The largest absolute Gasteiger partial charge is 0.272 e. The molecule has 0 aliphatic carbocycles. The highest BCUT2D eigenvalue weighted by Gasteiger charge is 2.29. The van der Waals surface area contributed by atoms with Crippen molar-refractivity contribution < 1.29 is 9.59 Å². The molecule has 2 aromatic carbocycles. The quantitative estimate of drug-likeness (QED) is 0.872. The molecule has 0 bridgehead atoms. The zero-order valence-corrected chi connectivity index (χ0v) is 14.7. The summed E-state index contributed by atoms with van der Waals surface area (Å²) in [5.74, 6) is -0.529. The van der Waals surface area contributed by atoms with Crippen LogP contribution in [0.25, 0.3) is 0 Å². The Bertz CT molecular complexity index is 701. The van der Waals surface area contributed by atoms with E-state index >= 15 is 0 Å². The number of hydrogen-bond donors (Lipinski definition) is 1. The number of benzene rings is 2. The Balaban J connectivity index is 2.24. The number of hydrogen-bond acceptors (Lipinski definition) is 2. The fraction of sp³-hybridized carbons (Fsp3) is 0.300. The van der Waals surface area contributed by atoms with Crippen molar-refractivity contribution in [3.8, 4) is 0 Å². The van der Waals surface area contributed by atoms with E-state index in [9.17, 15) is 9.59 Å². The Morgan fingerprint density at radius 2 is 1.50 bits per heavy atom. The zero-order valence-electron chi connectivity index (χ0n) is 14.7. The van der Waals surface area contributed by atoms with Gasteiger partial charge in [0.05, 0.1) is 5.54 Å². The van der Waals surface area contributed by atoms with Crippen LogP contribution < -0.4 is 5.43 Å². The summed E-state index contributed by atoms with van der Waals surface area (Å²) < 4.78 is 0. The van der Waals surface area contributed by atoms with Gasteiger partial charge in [-0.05, 0) is 57.0 Å². The lowest BCUT2D eigenvalue weighted by Crippen LogP contribution is -2.55. The molecule has 126 valence electrons. The summed E-state index contributed by atoms with van der Waals surface area (Å²) in [5, 5.41) is 1.39. The third-order valence-electron chi connectivity index (χ3n) is 3.73. The van der Waals surface area contributed by atoms with Gasteiger partial charge in [0.25, 0.3) is 11.8 Å². The zero-order chi connectivity index (χ0) is 17.7. The van der Waals surface area contributed by atoms with Crippen molar-refractivity contribution in [3.63, 3.8) is 0 Å². The molecule has 2 aromatic rings. The average Bonchev–Trinajstić information content (AvgIpc) is 2.58. The Morgan fingerprint density at radius 1 is 0.917 bits per heavy atom. The van der Waals surface area contributed by atoms with Crippen molar-refractivity contribution in [2.24, 2.45) is 0 Å². The van der Waals surface area contributed by atoms with Crippen molar-refractivity contribution in [3.05, 3.63) is 71.3 Å². The highest BCUT2D eigenvalue weighted by Crippen LogP contribution is 2.16. The van der Waals surface area contributed by atoms with Gasteiger partial charge in [-0.25, -0.2) is 5.01 Å². The van der Waals surface area contributed by atoms with Crippen LogP contribution in [0.4, 0.5) is 0 Å². The van der Waals surface area contributed by atoms with E-state index < -0.39 is 5.54 Å². The van der Waals surface area contributed by atoms with E-state index in [0.29, 0.717) is 11.1 Å². The maximum absolute atomic E-state index is 12.9. The topological polar surface area (TPSA) is 49.4 Å². The molecule has 2 amide bonds. The number of amides is 2. The Morgan fingerprint density at radius 3 is 2.00 bits per heavy atom. The predicted molar refractivity (Wildman–Crippen MR) is 95.7 cm³/mol. The van der Waals surface area contributed by atoms with Gasteiger partial charge in [-0.3, -0.25) is 15.0 Å². The summed E-state index contributed by atoms with van der Waals surface area (Å²) in [6.45, 7) is 7.72. The lowest BCUT2D eigenvalue weighted by atomic mass is 10.0. The molecule has 4 nitrogen and oxygen atoms in total. The van der Waals surface area contributed by atoms with Crippen molar-refractivity contribution in [2.75, 3.05) is 0 Å². The molecule has 0 aliphatic rings. The summed E-state index contributed by atoms with van der Waals surface area (Å²) in [6, 6.07) is 16.3. The third kappa shape index (κ3) is 4.22. The predicted octanol–water partition coefficient (Wildman–Crippen LogP) is 3.83. The van der Waals surface area contributed by atoms with Crippen LogP contribution >= 0.6 is 0 Å². The normalized spacial score (nSPS) is 11.0. The van der Waals surface area contributed by atoms with Crippen LogP contribution in [-0.4, -0.2) is 22.4 Å². The number of carbonyl (C=O) groups is 2. The second-order valence-electron chi connectivity index (χ2n) is 6.67. The van der Waals surface area contributed by atoms with E-state index in [4.69, 9.17) is 0 Å². The number of rotatable bonds is 3. The van der Waals surface area contributed by atoms with Crippen molar-refractivity contribution >= 4 is 11.8 Å². The molecule has 0 radical (unpaired) electrons. The first kappa shape index (κ1) is 17.7. The molecule has 0 heterocycles. The number of carbonyl (C=O) groups excluding carboxylic acids is 2. The Kier molecular flexibility index (Phi) is 5.39. The van der Waals surface area contributed by atoms with Crippen LogP contribution in [0, 0.1) is 0 Å². The first-order valence-electron chi connectivity index (χ1n) is 8.12. The maximum Gasteiger partial charge on any atom is 0.272 e. The number of nitrogens with zero attached hydrogens (tertiary/aromatic N) is 1. The minimum Gasteiger partial charge on any atom is -0.267 e. The van der Waals surface area contributed by atoms with Crippen molar-refractivity contribution in [2.45, 2.75) is 39.7 Å².